The number of nitrogens with zero attached hydrogens (tertiary/aromatic N) is 2. The first-order valence-electron chi connectivity index (χ1n) is 18.8. The molecule has 0 unspecified atom stereocenters. The molecule has 0 fully saturated rings. The Kier molecular flexibility index (Phi) is 8.16. The molecule has 1 N–H and O–H groups in total. The largest absolute Gasteiger partial charge is 0.354 e. The summed E-state index contributed by atoms with van der Waals surface area (Å²) in [6.45, 7) is 0. The SMILES string of the molecule is c1ccc(N(c2ccccc2)c2ccc(-c3ccc4c5c(cccc35)-c3cc(-c5cccc(N(c6ccccc6)c6ccccc6)c5)ccc3N4)cc2)cc1. The first-order chi connectivity index (χ1) is 27.3. The Morgan fingerprint density at radius 2 is 0.745 bits per heavy atom. The van der Waals surface area contributed by atoms with Gasteiger partial charge in [-0.1, -0.05) is 127 Å². The predicted molar refractivity (Wildman–Crippen MR) is 233 cm³/mol. The van der Waals surface area contributed by atoms with Gasteiger partial charge in [-0.2, -0.15) is 0 Å². The molecular formula is C52H37N3. The van der Waals surface area contributed by atoms with Gasteiger partial charge < -0.3 is 15.1 Å². The summed E-state index contributed by atoms with van der Waals surface area (Å²) in [5.41, 5.74) is 16.2. The maximum atomic E-state index is 3.78. The van der Waals surface area contributed by atoms with E-state index < -0.39 is 0 Å². The van der Waals surface area contributed by atoms with Gasteiger partial charge >= 0.3 is 0 Å². The number of rotatable bonds is 8. The molecule has 260 valence electrons. The predicted octanol–water partition coefficient (Wildman–Crippen LogP) is 14.8. The molecule has 55 heavy (non-hydrogen) atoms. The Hall–Kier alpha value is -7.36. The number of anilines is 8. The van der Waals surface area contributed by atoms with Crippen molar-refractivity contribution in [2.75, 3.05) is 15.1 Å². The van der Waals surface area contributed by atoms with Crippen LogP contribution in [0.25, 0.3) is 44.2 Å². The second kappa shape index (κ2) is 13.9. The molecule has 0 aromatic heterocycles. The molecule has 0 atom stereocenters. The summed E-state index contributed by atoms with van der Waals surface area (Å²) in [7, 11) is 0. The zero-order valence-corrected chi connectivity index (χ0v) is 30.2. The van der Waals surface area contributed by atoms with Crippen molar-refractivity contribution in [3.8, 4) is 33.4 Å². The topological polar surface area (TPSA) is 18.5 Å². The molecule has 10 rings (SSSR count). The minimum atomic E-state index is 1.12. The molecular weight excluding hydrogens is 667 g/mol. The fraction of sp³-hybridized carbons (Fsp3) is 0. The number of benzene rings is 9. The average Bonchev–Trinajstić information content (AvgIpc) is 3.26. The third-order valence-electron chi connectivity index (χ3n) is 10.6. The van der Waals surface area contributed by atoms with Crippen LogP contribution in [0.4, 0.5) is 45.5 Å². The second-order valence-electron chi connectivity index (χ2n) is 13.9. The molecule has 0 aliphatic carbocycles. The lowest BCUT2D eigenvalue weighted by atomic mass is 9.87. The summed E-state index contributed by atoms with van der Waals surface area (Å²) in [4.78, 5) is 4.62. The lowest BCUT2D eigenvalue weighted by Crippen LogP contribution is -2.09. The molecule has 0 saturated carbocycles. The molecule has 1 heterocycles. The van der Waals surface area contributed by atoms with E-state index in [9.17, 15) is 0 Å². The van der Waals surface area contributed by atoms with E-state index >= 15 is 0 Å². The van der Waals surface area contributed by atoms with Gasteiger partial charge in [-0.3, -0.25) is 0 Å². The maximum absolute atomic E-state index is 3.78. The van der Waals surface area contributed by atoms with E-state index in [0.717, 1.165) is 45.5 Å². The van der Waals surface area contributed by atoms with Crippen LogP contribution in [0.1, 0.15) is 0 Å². The van der Waals surface area contributed by atoms with Gasteiger partial charge in [-0.25, -0.2) is 0 Å². The highest BCUT2D eigenvalue weighted by molar-refractivity contribution is 6.15. The molecule has 3 heteroatoms. The number of hydrogen-bond donors (Lipinski definition) is 1. The summed E-state index contributed by atoms with van der Waals surface area (Å²) >= 11 is 0. The van der Waals surface area contributed by atoms with Crippen LogP contribution < -0.4 is 15.1 Å². The van der Waals surface area contributed by atoms with Crippen molar-refractivity contribution in [2.24, 2.45) is 0 Å². The summed E-state index contributed by atoms with van der Waals surface area (Å²) in [6, 6.07) is 78.1. The Bertz CT molecular complexity index is 2680. The van der Waals surface area contributed by atoms with Gasteiger partial charge in [0.1, 0.15) is 0 Å². The molecule has 0 amide bonds. The maximum Gasteiger partial charge on any atom is 0.0470 e. The van der Waals surface area contributed by atoms with Crippen LogP contribution in [-0.4, -0.2) is 0 Å². The molecule has 9 aromatic rings. The summed E-state index contributed by atoms with van der Waals surface area (Å²) < 4.78 is 0. The first kappa shape index (κ1) is 32.3. The van der Waals surface area contributed by atoms with E-state index in [1.165, 1.54) is 44.2 Å². The normalized spacial score (nSPS) is 11.4. The van der Waals surface area contributed by atoms with E-state index in [2.05, 4.69) is 234 Å². The molecule has 0 bridgehead atoms. The van der Waals surface area contributed by atoms with E-state index in [4.69, 9.17) is 0 Å². The standard InChI is InChI=1S/C52H37N3/c1-5-16-40(17-6-1)54(41-18-7-2-8-19-41)44-30-27-37(28-31-44)46-32-34-51-52-47(46)25-14-26-48(52)49-36-39(29-33-50(49)53-51)38-15-13-24-45(35-38)55(42-20-9-3-10-21-42)43-22-11-4-12-23-43/h1-36,53H. The van der Waals surface area contributed by atoms with E-state index in [1.807, 2.05) is 0 Å². The number of nitrogens with one attached hydrogen (secondary N) is 1. The zero-order valence-electron chi connectivity index (χ0n) is 30.2. The summed E-state index contributed by atoms with van der Waals surface area (Å²) in [6.07, 6.45) is 0. The fourth-order valence-electron chi connectivity index (χ4n) is 8.01. The minimum Gasteiger partial charge on any atom is -0.354 e. The van der Waals surface area contributed by atoms with Gasteiger partial charge in [0, 0.05) is 56.4 Å². The van der Waals surface area contributed by atoms with Crippen molar-refractivity contribution in [1.82, 2.24) is 0 Å². The van der Waals surface area contributed by atoms with Gasteiger partial charge in [-0.15, -0.1) is 0 Å². The number of fused-ring (bicyclic) bond motifs is 2. The van der Waals surface area contributed by atoms with Crippen molar-refractivity contribution in [3.63, 3.8) is 0 Å². The zero-order chi connectivity index (χ0) is 36.6. The monoisotopic (exact) mass is 703 g/mol. The van der Waals surface area contributed by atoms with Gasteiger partial charge in [0.25, 0.3) is 0 Å². The highest BCUT2D eigenvalue weighted by Gasteiger charge is 2.21. The number of hydrogen-bond acceptors (Lipinski definition) is 3. The quantitative estimate of drug-likeness (QED) is 0.170. The van der Waals surface area contributed by atoms with Crippen molar-refractivity contribution >= 4 is 56.3 Å². The smallest absolute Gasteiger partial charge is 0.0470 e. The molecule has 3 nitrogen and oxygen atoms in total. The lowest BCUT2D eigenvalue weighted by molar-refractivity contribution is 1.28. The molecule has 0 spiro atoms. The van der Waals surface area contributed by atoms with Crippen LogP contribution in [0.3, 0.4) is 0 Å². The molecule has 0 saturated heterocycles. The van der Waals surface area contributed by atoms with Crippen LogP contribution in [0, 0.1) is 0 Å². The van der Waals surface area contributed by atoms with Crippen molar-refractivity contribution in [2.45, 2.75) is 0 Å². The fourth-order valence-corrected chi connectivity index (χ4v) is 8.01. The van der Waals surface area contributed by atoms with Crippen LogP contribution in [0.2, 0.25) is 0 Å². The lowest BCUT2D eigenvalue weighted by Gasteiger charge is -2.26. The first-order valence-corrected chi connectivity index (χ1v) is 18.8. The number of para-hydroxylation sites is 4. The van der Waals surface area contributed by atoms with Crippen molar-refractivity contribution in [3.05, 3.63) is 218 Å². The highest BCUT2D eigenvalue weighted by Crippen LogP contribution is 2.48. The van der Waals surface area contributed by atoms with Gasteiger partial charge in [0.2, 0.25) is 0 Å². The van der Waals surface area contributed by atoms with E-state index in [0.29, 0.717) is 0 Å². The van der Waals surface area contributed by atoms with Gasteiger partial charge in [0.05, 0.1) is 0 Å². The Morgan fingerprint density at radius 1 is 0.273 bits per heavy atom. The molecule has 1 aliphatic heterocycles. The van der Waals surface area contributed by atoms with Crippen LogP contribution in [-0.2, 0) is 0 Å². The van der Waals surface area contributed by atoms with Gasteiger partial charge in [-0.05, 0) is 124 Å². The van der Waals surface area contributed by atoms with Crippen LogP contribution in [0.5, 0.6) is 0 Å². The van der Waals surface area contributed by atoms with Crippen LogP contribution in [0.15, 0.2) is 218 Å². The Labute approximate surface area is 322 Å². The van der Waals surface area contributed by atoms with Crippen molar-refractivity contribution < 1.29 is 0 Å². The van der Waals surface area contributed by atoms with Crippen LogP contribution >= 0.6 is 0 Å². The molecule has 0 radical (unpaired) electrons. The second-order valence-corrected chi connectivity index (χ2v) is 13.9. The van der Waals surface area contributed by atoms with E-state index in [-0.39, 0.29) is 0 Å². The summed E-state index contributed by atoms with van der Waals surface area (Å²) in [5, 5.41) is 6.26. The molecule has 9 aromatic carbocycles. The highest BCUT2D eigenvalue weighted by atomic mass is 15.1. The average molecular weight is 704 g/mol. The third-order valence-corrected chi connectivity index (χ3v) is 10.6. The van der Waals surface area contributed by atoms with Gasteiger partial charge in [0.15, 0.2) is 0 Å². The summed E-state index contributed by atoms with van der Waals surface area (Å²) in [5.74, 6) is 0. The molecule has 1 aliphatic rings. The minimum absolute atomic E-state index is 1.12. The third kappa shape index (κ3) is 5.98. The van der Waals surface area contributed by atoms with E-state index in [1.54, 1.807) is 0 Å². The Morgan fingerprint density at radius 3 is 1.35 bits per heavy atom. The van der Waals surface area contributed by atoms with Crippen molar-refractivity contribution in [1.29, 1.82) is 0 Å². The Balaban J connectivity index is 1.02.